The molecule has 0 atom stereocenters. The van der Waals surface area contributed by atoms with Gasteiger partial charge in [0.15, 0.2) is 23.0 Å². The number of benzene rings is 2. The van der Waals surface area contributed by atoms with Gasteiger partial charge in [0.25, 0.3) is 5.91 Å². The van der Waals surface area contributed by atoms with E-state index in [0.717, 1.165) is 5.56 Å². The lowest BCUT2D eigenvalue weighted by Crippen LogP contribution is -2.22. The molecule has 2 aromatic rings. The minimum absolute atomic E-state index is 0.0256. The molecule has 0 aliphatic heterocycles. The van der Waals surface area contributed by atoms with Gasteiger partial charge in [-0.15, -0.1) is 0 Å². The van der Waals surface area contributed by atoms with Crippen LogP contribution in [0.3, 0.4) is 0 Å². The summed E-state index contributed by atoms with van der Waals surface area (Å²) in [6, 6.07) is 9.20. The maximum Gasteiger partial charge on any atom is 0.251 e. The topological polar surface area (TPSA) is 88.0 Å². The zero-order valence-corrected chi connectivity index (χ0v) is 12.3. The Morgan fingerprint density at radius 2 is 1.59 bits per heavy atom. The average molecular weight is 303 g/mol. The lowest BCUT2D eigenvalue weighted by Gasteiger charge is -2.09. The van der Waals surface area contributed by atoms with Crippen molar-refractivity contribution in [3.63, 3.8) is 0 Å². The molecule has 0 aromatic heterocycles. The Labute approximate surface area is 127 Å². The van der Waals surface area contributed by atoms with Gasteiger partial charge >= 0.3 is 0 Å². The van der Waals surface area contributed by atoms with Crippen LogP contribution in [0.4, 0.5) is 0 Å². The first kappa shape index (κ1) is 15.5. The third-order valence-corrected chi connectivity index (χ3v) is 3.14. The molecule has 6 heteroatoms. The van der Waals surface area contributed by atoms with E-state index < -0.39 is 0 Å². The summed E-state index contributed by atoms with van der Waals surface area (Å²) in [6.45, 7) is 0.276. The number of carbonyl (C=O) groups is 1. The molecular formula is C16H17NO5. The number of methoxy groups -OCH3 is 2. The van der Waals surface area contributed by atoms with Crippen molar-refractivity contribution in [3.8, 4) is 23.0 Å². The fraction of sp³-hybridized carbons (Fsp3) is 0.188. The predicted octanol–water partition coefficient (Wildman–Crippen LogP) is 2.05. The minimum atomic E-state index is -0.301. The van der Waals surface area contributed by atoms with E-state index in [1.165, 1.54) is 38.5 Å². The van der Waals surface area contributed by atoms with Crippen molar-refractivity contribution < 1.29 is 24.5 Å². The summed E-state index contributed by atoms with van der Waals surface area (Å²) in [6.07, 6.45) is 0. The highest BCUT2D eigenvalue weighted by molar-refractivity contribution is 5.94. The van der Waals surface area contributed by atoms with Gasteiger partial charge in [-0.05, 0) is 35.9 Å². The molecule has 1 amide bonds. The Hall–Kier alpha value is -2.89. The Morgan fingerprint density at radius 1 is 1.00 bits per heavy atom. The van der Waals surface area contributed by atoms with E-state index in [2.05, 4.69) is 5.32 Å². The molecule has 0 spiro atoms. The quantitative estimate of drug-likeness (QED) is 0.787. The molecule has 6 nitrogen and oxygen atoms in total. The van der Waals surface area contributed by atoms with Crippen molar-refractivity contribution in [1.82, 2.24) is 5.32 Å². The predicted molar refractivity (Wildman–Crippen MR) is 80.5 cm³/mol. The number of ether oxygens (including phenoxy) is 2. The Bertz CT molecular complexity index is 684. The first-order valence-electron chi connectivity index (χ1n) is 6.56. The average Bonchev–Trinajstić information content (AvgIpc) is 2.54. The molecule has 0 unspecified atom stereocenters. The summed E-state index contributed by atoms with van der Waals surface area (Å²) >= 11 is 0. The highest BCUT2D eigenvalue weighted by Crippen LogP contribution is 2.27. The molecular weight excluding hydrogens is 286 g/mol. The van der Waals surface area contributed by atoms with Crippen LogP contribution in [0.25, 0.3) is 0 Å². The number of aromatic hydroxyl groups is 2. The van der Waals surface area contributed by atoms with Crippen molar-refractivity contribution in [1.29, 1.82) is 0 Å². The number of nitrogens with one attached hydrogen (secondary N) is 1. The van der Waals surface area contributed by atoms with Gasteiger partial charge in [0, 0.05) is 12.1 Å². The summed E-state index contributed by atoms with van der Waals surface area (Å²) in [5.41, 5.74) is 1.16. The Morgan fingerprint density at radius 3 is 2.23 bits per heavy atom. The smallest absolute Gasteiger partial charge is 0.251 e. The van der Waals surface area contributed by atoms with Gasteiger partial charge in [0.05, 0.1) is 14.2 Å². The summed E-state index contributed by atoms with van der Waals surface area (Å²) in [4.78, 5) is 12.1. The van der Waals surface area contributed by atoms with Gasteiger partial charge < -0.3 is 25.0 Å². The lowest BCUT2D eigenvalue weighted by molar-refractivity contribution is 0.0950. The van der Waals surface area contributed by atoms with Crippen LogP contribution in [0.1, 0.15) is 15.9 Å². The Balaban J connectivity index is 2.06. The fourth-order valence-electron chi connectivity index (χ4n) is 1.94. The number of hydrogen-bond donors (Lipinski definition) is 3. The first-order chi connectivity index (χ1) is 10.5. The zero-order valence-electron chi connectivity index (χ0n) is 12.3. The molecule has 0 saturated heterocycles. The zero-order chi connectivity index (χ0) is 16.1. The minimum Gasteiger partial charge on any atom is -0.504 e. The number of carbonyl (C=O) groups excluding carboxylic acids is 1. The molecule has 116 valence electrons. The van der Waals surface area contributed by atoms with E-state index in [-0.39, 0.29) is 29.7 Å². The summed E-state index contributed by atoms with van der Waals surface area (Å²) in [5, 5.41) is 21.8. The highest BCUT2D eigenvalue weighted by Gasteiger charge is 2.10. The van der Waals surface area contributed by atoms with Crippen molar-refractivity contribution in [2.75, 3.05) is 14.2 Å². The number of rotatable bonds is 5. The first-order valence-corrected chi connectivity index (χ1v) is 6.56. The van der Waals surface area contributed by atoms with Crippen LogP contribution in [0.15, 0.2) is 36.4 Å². The van der Waals surface area contributed by atoms with E-state index >= 15 is 0 Å². The monoisotopic (exact) mass is 303 g/mol. The second-order valence-electron chi connectivity index (χ2n) is 4.58. The van der Waals surface area contributed by atoms with Crippen LogP contribution < -0.4 is 14.8 Å². The Kier molecular flexibility index (Phi) is 4.73. The third kappa shape index (κ3) is 3.41. The van der Waals surface area contributed by atoms with Crippen LogP contribution in [-0.4, -0.2) is 30.3 Å². The van der Waals surface area contributed by atoms with E-state index in [1.54, 1.807) is 12.1 Å². The van der Waals surface area contributed by atoms with Gasteiger partial charge in [-0.25, -0.2) is 0 Å². The maximum absolute atomic E-state index is 12.1. The molecule has 0 aliphatic carbocycles. The van der Waals surface area contributed by atoms with Crippen LogP contribution >= 0.6 is 0 Å². The van der Waals surface area contributed by atoms with E-state index in [1.807, 2.05) is 0 Å². The number of hydrogen-bond acceptors (Lipinski definition) is 5. The van der Waals surface area contributed by atoms with Crippen LogP contribution in [0.2, 0.25) is 0 Å². The molecule has 0 saturated carbocycles. The largest absolute Gasteiger partial charge is 0.504 e. The molecule has 0 radical (unpaired) electrons. The van der Waals surface area contributed by atoms with Crippen molar-refractivity contribution >= 4 is 5.91 Å². The lowest BCUT2D eigenvalue weighted by atomic mass is 10.1. The molecule has 0 heterocycles. The number of amides is 1. The summed E-state index contributed by atoms with van der Waals surface area (Å²) in [5.74, 6) is 0.297. The van der Waals surface area contributed by atoms with Crippen molar-refractivity contribution in [3.05, 3.63) is 47.5 Å². The van der Waals surface area contributed by atoms with E-state index in [9.17, 15) is 15.0 Å². The van der Waals surface area contributed by atoms with Gasteiger partial charge in [-0.1, -0.05) is 6.07 Å². The molecule has 2 aromatic carbocycles. The summed E-state index contributed by atoms with van der Waals surface area (Å²) in [7, 11) is 2.87. The molecule has 3 N–H and O–H groups in total. The van der Waals surface area contributed by atoms with Gasteiger partial charge in [-0.3, -0.25) is 4.79 Å². The third-order valence-electron chi connectivity index (χ3n) is 3.14. The van der Waals surface area contributed by atoms with Gasteiger partial charge in [0.2, 0.25) is 0 Å². The van der Waals surface area contributed by atoms with Crippen molar-refractivity contribution in [2.24, 2.45) is 0 Å². The number of phenols is 2. The highest BCUT2D eigenvalue weighted by atomic mass is 16.5. The molecule has 0 fully saturated rings. The van der Waals surface area contributed by atoms with E-state index in [0.29, 0.717) is 11.3 Å². The SMILES string of the molecule is COc1cc(CNC(=O)c2ccc(O)c(OC)c2)ccc1O. The second-order valence-corrected chi connectivity index (χ2v) is 4.58. The van der Waals surface area contributed by atoms with Crippen molar-refractivity contribution in [2.45, 2.75) is 6.54 Å². The van der Waals surface area contributed by atoms with E-state index in [4.69, 9.17) is 9.47 Å². The molecule has 22 heavy (non-hydrogen) atoms. The maximum atomic E-state index is 12.1. The van der Waals surface area contributed by atoms with Crippen LogP contribution in [0.5, 0.6) is 23.0 Å². The summed E-state index contributed by atoms with van der Waals surface area (Å²) < 4.78 is 9.98. The molecule has 2 rings (SSSR count). The van der Waals surface area contributed by atoms with Gasteiger partial charge in [-0.2, -0.15) is 0 Å². The second kappa shape index (κ2) is 6.71. The fourth-order valence-corrected chi connectivity index (χ4v) is 1.94. The normalized spacial score (nSPS) is 10.1. The number of phenolic OH excluding ortho intramolecular Hbond substituents is 2. The standard InChI is InChI=1S/C16H17NO5/c1-21-14-7-10(3-5-12(14)18)9-17-16(20)11-4-6-13(19)15(8-11)22-2/h3-8,18-19H,9H2,1-2H3,(H,17,20). The van der Waals surface area contributed by atoms with Gasteiger partial charge in [0.1, 0.15) is 0 Å². The van der Waals surface area contributed by atoms with Crippen LogP contribution in [-0.2, 0) is 6.54 Å². The molecule has 0 aliphatic rings. The van der Waals surface area contributed by atoms with Crippen LogP contribution in [0, 0.1) is 0 Å². The molecule has 0 bridgehead atoms.